The Morgan fingerprint density at radius 1 is 1.10 bits per heavy atom. The minimum Gasteiger partial charge on any atom is -0.312 e. The molecule has 0 saturated carbocycles. The second-order valence-electron chi connectivity index (χ2n) is 6.71. The molecule has 0 bridgehead atoms. The standard InChI is InChI=1S/C21H20N4O2S2/c26-18(14-28-13-15-7-3-1-4-8-15)22-21-24-23-20(29-21)16-11-19(27)25(12-16)17-9-5-2-6-10-17/h1-10,16H,11-14H2,(H,22,24,26)/t16-/m1/s1. The molecule has 8 heteroatoms. The molecule has 1 fully saturated rings. The number of carbonyl (C=O) groups excluding carboxylic acids is 2. The first-order chi connectivity index (χ1) is 14.2. The maximum atomic E-state index is 12.4. The van der Waals surface area contributed by atoms with Crippen molar-refractivity contribution in [3.05, 3.63) is 71.2 Å². The smallest absolute Gasteiger partial charge is 0.236 e. The molecule has 0 spiro atoms. The second kappa shape index (κ2) is 9.19. The van der Waals surface area contributed by atoms with Crippen LogP contribution in [0, 0.1) is 0 Å². The third-order valence-electron chi connectivity index (χ3n) is 4.57. The Hall–Kier alpha value is -2.71. The molecule has 1 aliphatic heterocycles. The number of para-hydroxylation sites is 1. The first kappa shape index (κ1) is 19.6. The fraction of sp³-hybridized carbons (Fsp3) is 0.238. The summed E-state index contributed by atoms with van der Waals surface area (Å²) in [6.07, 6.45) is 0.407. The maximum absolute atomic E-state index is 12.4. The predicted octanol–water partition coefficient (Wildman–Crippen LogP) is 3.93. The normalized spacial score (nSPS) is 16.2. The van der Waals surface area contributed by atoms with Crippen LogP contribution in [0.2, 0.25) is 0 Å². The molecule has 1 aliphatic rings. The zero-order chi connectivity index (χ0) is 20.1. The fourth-order valence-corrected chi connectivity index (χ4v) is 4.81. The van der Waals surface area contributed by atoms with Gasteiger partial charge < -0.3 is 4.90 Å². The van der Waals surface area contributed by atoms with Crippen LogP contribution in [0.5, 0.6) is 0 Å². The van der Waals surface area contributed by atoms with Crippen molar-refractivity contribution in [2.24, 2.45) is 0 Å². The molecule has 1 N–H and O–H groups in total. The number of benzene rings is 2. The summed E-state index contributed by atoms with van der Waals surface area (Å²) in [4.78, 5) is 26.3. The van der Waals surface area contributed by atoms with Crippen LogP contribution in [0.4, 0.5) is 10.8 Å². The Morgan fingerprint density at radius 3 is 2.59 bits per heavy atom. The number of nitrogens with zero attached hydrogens (tertiary/aromatic N) is 3. The molecule has 2 heterocycles. The zero-order valence-electron chi connectivity index (χ0n) is 15.7. The summed E-state index contributed by atoms with van der Waals surface area (Å²) in [5, 5.41) is 12.4. The molecule has 1 saturated heterocycles. The van der Waals surface area contributed by atoms with E-state index in [-0.39, 0.29) is 17.7 Å². The monoisotopic (exact) mass is 424 g/mol. The number of thioether (sulfide) groups is 1. The lowest BCUT2D eigenvalue weighted by Gasteiger charge is -2.15. The van der Waals surface area contributed by atoms with Gasteiger partial charge in [0.1, 0.15) is 5.01 Å². The van der Waals surface area contributed by atoms with E-state index in [1.54, 1.807) is 16.7 Å². The first-order valence-electron chi connectivity index (χ1n) is 9.29. The van der Waals surface area contributed by atoms with E-state index < -0.39 is 0 Å². The van der Waals surface area contributed by atoms with E-state index in [9.17, 15) is 9.59 Å². The molecule has 0 unspecified atom stereocenters. The van der Waals surface area contributed by atoms with Crippen LogP contribution in [-0.4, -0.2) is 34.3 Å². The zero-order valence-corrected chi connectivity index (χ0v) is 17.3. The number of nitrogens with one attached hydrogen (secondary N) is 1. The first-order valence-corrected chi connectivity index (χ1v) is 11.3. The molecule has 0 radical (unpaired) electrons. The molecule has 1 aromatic heterocycles. The molecule has 2 aromatic carbocycles. The van der Waals surface area contributed by atoms with Crippen LogP contribution in [0.3, 0.4) is 0 Å². The predicted molar refractivity (Wildman–Crippen MR) is 117 cm³/mol. The number of anilines is 2. The van der Waals surface area contributed by atoms with Gasteiger partial charge in [-0.05, 0) is 17.7 Å². The summed E-state index contributed by atoms with van der Waals surface area (Å²) in [6, 6.07) is 19.7. The van der Waals surface area contributed by atoms with Crippen LogP contribution in [-0.2, 0) is 15.3 Å². The van der Waals surface area contributed by atoms with Crippen LogP contribution in [0.15, 0.2) is 60.7 Å². The molecular formula is C21H20N4O2S2. The van der Waals surface area contributed by atoms with Crippen molar-refractivity contribution in [3.8, 4) is 0 Å². The van der Waals surface area contributed by atoms with Gasteiger partial charge in [-0.15, -0.1) is 22.0 Å². The molecule has 4 rings (SSSR count). The van der Waals surface area contributed by atoms with Crippen molar-refractivity contribution in [3.63, 3.8) is 0 Å². The molecular weight excluding hydrogens is 404 g/mol. The third kappa shape index (κ3) is 5.02. The average molecular weight is 425 g/mol. The fourth-order valence-electron chi connectivity index (χ4n) is 3.17. The molecule has 0 aliphatic carbocycles. The lowest BCUT2D eigenvalue weighted by atomic mass is 10.1. The van der Waals surface area contributed by atoms with Crippen molar-refractivity contribution in [2.75, 3.05) is 22.5 Å². The Labute approximate surface area is 177 Å². The molecule has 6 nitrogen and oxygen atoms in total. The van der Waals surface area contributed by atoms with E-state index in [0.717, 1.165) is 16.4 Å². The quantitative estimate of drug-likeness (QED) is 0.622. The number of rotatable bonds is 7. The molecule has 1 atom stereocenters. The van der Waals surface area contributed by atoms with Crippen molar-refractivity contribution in [1.29, 1.82) is 0 Å². The minimum absolute atomic E-state index is 0.00156. The SMILES string of the molecule is O=C(CSCc1ccccc1)Nc1nnc([C@@H]2CC(=O)N(c3ccccc3)C2)s1. The van der Waals surface area contributed by atoms with Crippen LogP contribution < -0.4 is 10.2 Å². The number of hydrogen-bond donors (Lipinski definition) is 1. The van der Waals surface area contributed by atoms with Gasteiger partial charge in [-0.25, -0.2) is 0 Å². The minimum atomic E-state index is -0.0953. The number of aromatic nitrogens is 2. The van der Waals surface area contributed by atoms with Crippen molar-refractivity contribution >= 4 is 45.7 Å². The second-order valence-corrected chi connectivity index (χ2v) is 8.71. The highest BCUT2D eigenvalue weighted by Crippen LogP contribution is 2.34. The average Bonchev–Trinajstić information content (AvgIpc) is 3.36. The van der Waals surface area contributed by atoms with Gasteiger partial charge in [0.25, 0.3) is 0 Å². The van der Waals surface area contributed by atoms with E-state index in [1.165, 1.54) is 16.9 Å². The van der Waals surface area contributed by atoms with Gasteiger partial charge in [-0.2, -0.15) is 0 Å². The Kier molecular flexibility index (Phi) is 6.21. The van der Waals surface area contributed by atoms with E-state index in [1.807, 2.05) is 60.7 Å². The van der Waals surface area contributed by atoms with E-state index in [2.05, 4.69) is 15.5 Å². The van der Waals surface area contributed by atoms with Gasteiger partial charge >= 0.3 is 0 Å². The summed E-state index contributed by atoms with van der Waals surface area (Å²) in [7, 11) is 0. The van der Waals surface area contributed by atoms with Crippen molar-refractivity contribution < 1.29 is 9.59 Å². The highest BCUT2D eigenvalue weighted by atomic mass is 32.2. The molecule has 2 amide bonds. The van der Waals surface area contributed by atoms with Crippen molar-refractivity contribution in [1.82, 2.24) is 10.2 Å². The number of carbonyl (C=O) groups is 2. The van der Waals surface area contributed by atoms with E-state index >= 15 is 0 Å². The van der Waals surface area contributed by atoms with Crippen LogP contribution in [0.25, 0.3) is 0 Å². The van der Waals surface area contributed by atoms with Crippen LogP contribution >= 0.6 is 23.1 Å². The van der Waals surface area contributed by atoms with Gasteiger partial charge in [-0.3, -0.25) is 14.9 Å². The summed E-state index contributed by atoms with van der Waals surface area (Å²) in [6.45, 7) is 0.582. The Balaban J connectivity index is 1.29. The van der Waals surface area contributed by atoms with Crippen LogP contribution in [0.1, 0.15) is 22.9 Å². The Morgan fingerprint density at radius 2 is 1.83 bits per heavy atom. The van der Waals surface area contributed by atoms with Gasteiger partial charge in [0, 0.05) is 30.3 Å². The number of hydrogen-bond acceptors (Lipinski definition) is 6. The highest BCUT2D eigenvalue weighted by Gasteiger charge is 2.33. The van der Waals surface area contributed by atoms with Gasteiger partial charge in [0.05, 0.1) is 5.75 Å². The Bertz CT molecular complexity index is 979. The lowest BCUT2D eigenvalue weighted by Crippen LogP contribution is -2.24. The summed E-state index contributed by atoms with van der Waals surface area (Å²) in [5.41, 5.74) is 2.09. The number of amides is 2. The molecule has 3 aromatic rings. The van der Waals surface area contributed by atoms with Crippen molar-refractivity contribution in [2.45, 2.75) is 18.1 Å². The van der Waals surface area contributed by atoms with Gasteiger partial charge in [0.15, 0.2) is 0 Å². The van der Waals surface area contributed by atoms with Gasteiger partial charge in [-0.1, -0.05) is 59.9 Å². The lowest BCUT2D eigenvalue weighted by molar-refractivity contribution is -0.117. The highest BCUT2D eigenvalue weighted by molar-refractivity contribution is 7.99. The summed E-state index contributed by atoms with van der Waals surface area (Å²) < 4.78 is 0. The third-order valence-corrected chi connectivity index (χ3v) is 6.58. The maximum Gasteiger partial charge on any atom is 0.236 e. The summed E-state index contributed by atoms with van der Waals surface area (Å²) >= 11 is 2.90. The van der Waals surface area contributed by atoms with Gasteiger partial charge in [0.2, 0.25) is 16.9 Å². The largest absolute Gasteiger partial charge is 0.312 e. The topological polar surface area (TPSA) is 75.2 Å². The summed E-state index contributed by atoms with van der Waals surface area (Å²) in [5.74, 6) is 1.13. The van der Waals surface area contributed by atoms with E-state index in [4.69, 9.17) is 0 Å². The molecule has 148 valence electrons. The molecule has 29 heavy (non-hydrogen) atoms. The van der Waals surface area contributed by atoms with E-state index in [0.29, 0.717) is 23.8 Å².